The van der Waals surface area contributed by atoms with E-state index in [2.05, 4.69) is 165 Å². The van der Waals surface area contributed by atoms with E-state index in [1.165, 1.54) is 33.4 Å². The van der Waals surface area contributed by atoms with E-state index in [-0.39, 0.29) is 0 Å². The molecule has 0 amide bonds. The zero-order valence-corrected chi connectivity index (χ0v) is 28.1. The van der Waals surface area contributed by atoms with Gasteiger partial charge in [-0.25, -0.2) is 18.3 Å². The summed E-state index contributed by atoms with van der Waals surface area (Å²) in [7, 11) is 0. The third kappa shape index (κ3) is 11.0. The standard InChI is InChI=1S/C42H46N4O3/c1-3-7-37(8-4-1)35-45-23-15-41(16-24-45)39-11-19-43(20-12-39)27-29-47-31-33-49-34-32-48-30-28-44-21-13-40(14-22-44)42-17-25-46(26-18-42)36-38-9-5-2-6-10-38/h1-26H,27-36H2/q+4. The van der Waals surface area contributed by atoms with Crippen molar-refractivity contribution in [3.63, 3.8) is 0 Å². The van der Waals surface area contributed by atoms with Gasteiger partial charge in [0.1, 0.15) is 13.2 Å². The predicted molar refractivity (Wildman–Crippen MR) is 188 cm³/mol. The molecule has 0 bridgehead atoms. The number of hydrogen-bond donors (Lipinski definition) is 0. The highest BCUT2D eigenvalue weighted by atomic mass is 16.5. The van der Waals surface area contributed by atoms with Gasteiger partial charge in [0.05, 0.1) is 26.4 Å². The van der Waals surface area contributed by atoms with Gasteiger partial charge in [0.15, 0.2) is 75.8 Å². The zero-order valence-electron chi connectivity index (χ0n) is 28.1. The summed E-state index contributed by atoms with van der Waals surface area (Å²) in [6.07, 6.45) is 17.0. The minimum absolute atomic E-state index is 0.563. The molecule has 0 saturated carbocycles. The predicted octanol–water partition coefficient (Wildman–Crippen LogP) is 5.02. The molecule has 0 spiro atoms. The van der Waals surface area contributed by atoms with Crippen LogP contribution in [-0.4, -0.2) is 39.6 Å². The topological polar surface area (TPSA) is 43.2 Å². The van der Waals surface area contributed by atoms with Crippen LogP contribution in [0.1, 0.15) is 11.1 Å². The Kier molecular flexibility index (Phi) is 12.7. The number of rotatable bonds is 18. The number of hydrogen-bond acceptors (Lipinski definition) is 3. The van der Waals surface area contributed by atoms with Crippen molar-refractivity contribution in [2.24, 2.45) is 0 Å². The van der Waals surface area contributed by atoms with E-state index in [1.807, 2.05) is 12.1 Å². The van der Waals surface area contributed by atoms with Crippen molar-refractivity contribution in [2.45, 2.75) is 26.2 Å². The molecule has 49 heavy (non-hydrogen) atoms. The molecule has 6 rings (SSSR count). The molecule has 4 heterocycles. The fourth-order valence-corrected chi connectivity index (χ4v) is 5.58. The molecule has 0 aliphatic carbocycles. The Morgan fingerprint density at radius 3 is 0.918 bits per heavy atom. The minimum Gasteiger partial charge on any atom is -0.377 e. The van der Waals surface area contributed by atoms with Gasteiger partial charge in [-0.1, -0.05) is 60.7 Å². The molecule has 0 aliphatic rings. The summed E-state index contributed by atoms with van der Waals surface area (Å²) in [5, 5.41) is 0. The molecular weight excluding hydrogens is 608 g/mol. The Morgan fingerprint density at radius 2 is 0.592 bits per heavy atom. The maximum absolute atomic E-state index is 5.78. The fourth-order valence-electron chi connectivity index (χ4n) is 5.58. The Labute approximate surface area is 289 Å². The highest BCUT2D eigenvalue weighted by Crippen LogP contribution is 2.17. The van der Waals surface area contributed by atoms with Crippen LogP contribution in [0.5, 0.6) is 0 Å². The molecule has 0 aliphatic heterocycles. The van der Waals surface area contributed by atoms with Crippen molar-refractivity contribution < 1.29 is 32.5 Å². The summed E-state index contributed by atoms with van der Waals surface area (Å²) < 4.78 is 25.9. The smallest absolute Gasteiger partial charge is 0.173 e. The summed E-state index contributed by atoms with van der Waals surface area (Å²) in [5.74, 6) is 0. The van der Waals surface area contributed by atoms with Crippen molar-refractivity contribution >= 4 is 0 Å². The number of ether oxygens (including phenoxy) is 3. The summed E-state index contributed by atoms with van der Waals surface area (Å²) in [6.45, 7) is 6.90. The van der Waals surface area contributed by atoms with Crippen LogP contribution in [0, 0.1) is 0 Å². The highest BCUT2D eigenvalue weighted by Gasteiger charge is 2.09. The normalized spacial score (nSPS) is 11.1. The monoisotopic (exact) mass is 654 g/mol. The first-order valence-corrected chi connectivity index (χ1v) is 17.1. The maximum Gasteiger partial charge on any atom is 0.173 e. The fraction of sp³-hybridized carbons (Fsp3) is 0.238. The van der Waals surface area contributed by atoms with E-state index in [0.29, 0.717) is 39.6 Å². The number of pyridine rings is 4. The van der Waals surface area contributed by atoms with Crippen LogP contribution in [0.25, 0.3) is 22.3 Å². The lowest BCUT2D eigenvalue weighted by molar-refractivity contribution is -0.698. The molecule has 4 aromatic heterocycles. The van der Waals surface area contributed by atoms with E-state index < -0.39 is 0 Å². The number of aromatic nitrogens is 4. The lowest BCUT2D eigenvalue weighted by Crippen LogP contribution is -2.35. The van der Waals surface area contributed by atoms with Gasteiger partial charge in [-0.3, -0.25) is 0 Å². The SMILES string of the molecule is c1ccc(C[n+]2ccc(-c3cc[n+](CCOCCOCCOCC[n+]4ccc(-c5cc[n+](Cc6ccccc6)cc5)cc4)cc3)cc2)cc1. The first-order valence-electron chi connectivity index (χ1n) is 17.1. The van der Waals surface area contributed by atoms with Crippen LogP contribution in [0.15, 0.2) is 159 Å². The molecule has 0 N–H and O–H groups in total. The Hall–Kier alpha value is -5.08. The largest absolute Gasteiger partial charge is 0.377 e. The zero-order chi connectivity index (χ0) is 33.4. The van der Waals surface area contributed by atoms with Gasteiger partial charge in [-0.05, 0) is 22.3 Å². The summed E-state index contributed by atoms with van der Waals surface area (Å²) in [4.78, 5) is 0. The molecule has 0 atom stereocenters. The van der Waals surface area contributed by atoms with Gasteiger partial charge in [0, 0.05) is 59.7 Å². The first kappa shape index (κ1) is 33.8. The third-order valence-corrected chi connectivity index (χ3v) is 8.38. The highest BCUT2D eigenvalue weighted by molar-refractivity contribution is 5.61. The van der Waals surface area contributed by atoms with E-state index in [9.17, 15) is 0 Å². The number of benzene rings is 2. The van der Waals surface area contributed by atoms with Crippen LogP contribution in [-0.2, 0) is 40.4 Å². The number of nitrogens with zero attached hydrogens (tertiary/aromatic N) is 4. The lowest BCUT2D eigenvalue weighted by Gasteiger charge is -2.06. The molecule has 6 aromatic rings. The molecule has 2 aromatic carbocycles. The van der Waals surface area contributed by atoms with E-state index in [0.717, 1.165) is 26.2 Å². The van der Waals surface area contributed by atoms with Crippen molar-refractivity contribution in [2.75, 3.05) is 39.6 Å². The van der Waals surface area contributed by atoms with Gasteiger partial charge in [0.25, 0.3) is 0 Å². The summed E-state index contributed by atoms with van der Waals surface area (Å²) in [5.41, 5.74) is 7.41. The quantitative estimate of drug-likeness (QED) is 0.0967. The molecule has 7 heteroatoms. The molecular formula is C42H46N4O3+4. The summed E-state index contributed by atoms with van der Waals surface area (Å²) >= 11 is 0. The third-order valence-electron chi connectivity index (χ3n) is 8.38. The Bertz CT molecular complexity index is 1660. The second-order valence-corrected chi connectivity index (χ2v) is 12.0. The molecule has 0 fully saturated rings. The Balaban J connectivity index is 0.789. The second kappa shape index (κ2) is 18.5. The van der Waals surface area contributed by atoms with E-state index >= 15 is 0 Å². The van der Waals surface area contributed by atoms with Crippen molar-refractivity contribution in [3.05, 3.63) is 170 Å². The molecule has 0 radical (unpaired) electrons. The van der Waals surface area contributed by atoms with Gasteiger partial charge >= 0.3 is 0 Å². The van der Waals surface area contributed by atoms with Crippen molar-refractivity contribution in [1.82, 2.24) is 0 Å². The lowest BCUT2D eigenvalue weighted by atomic mass is 10.1. The van der Waals surface area contributed by atoms with Crippen LogP contribution in [0.2, 0.25) is 0 Å². The van der Waals surface area contributed by atoms with Crippen LogP contribution < -0.4 is 18.3 Å². The Morgan fingerprint density at radius 1 is 0.306 bits per heavy atom. The molecule has 7 nitrogen and oxygen atoms in total. The maximum atomic E-state index is 5.78. The van der Waals surface area contributed by atoms with Gasteiger partial charge < -0.3 is 14.2 Å². The van der Waals surface area contributed by atoms with Gasteiger partial charge in [-0.15, -0.1) is 0 Å². The van der Waals surface area contributed by atoms with Crippen molar-refractivity contribution in [1.29, 1.82) is 0 Å². The van der Waals surface area contributed by atoms with Gasteiger partial charge in [0.2, 0.25) is 0 Å². The molecule has 248 valence electrons. The van der Waals surface area contributed by atoms with Crippen LogP contribution >= 0.6 is 0 Å². The molecule has 0 saturated heterocycles. The average molecular weight is 655 g/mol. The average Bonchev–Trinajstić information content (AvgIpc) is 3.16. The van der Waals surface area contributed by atoms with Crippen molar-refractivity contribution in [3.8, 4) is 22.3 Å². The van der Waals surface area contributed by atoms with Crippen LogP contribution in [0.3, 0.4) is 0 Å². The molecule has 0 unspecified atom stereocenters. The second-order valence-electron chi connectivity index (χ2n) is 12.0. The van der Waals surface area contributed by atoms with E-state index in [1.54, 1.807) is 0 Å². The van der Waals surface area contributed by atoms with Gasteiger partial charge in [-0.2, -0.15) is 0 Å². The summed E-state index contributed by atoms with van der Waals surface area (Å²) in [6, 6.07) is 38.3. The first-order chi connectivity index (χ1) is 24.3. The minimum atomic E-state index is 0.563. The van der Waals surface area contributed by atoms with E-state index in [4.69, 9.17) is 14.2 Å². The van der Waals surface area contributed by atoms with Crippen LogP contribution in [0.4, 0.5) is 0 Å².